The molecule has 0 radical (unpaired) electrons. The summed E-state index contributed by atoms with van der Waals surface area (Å²) in [6, 6.07) is 10.6. The number of fused-ring (bicyclic) bond motifs is 1. The van der Waals surface area contributed by atoms with Crippen LogP contribution in [-0.2, 0) is 7.05 Å². The molecule has 3 aromatic rings. The van der Waals surface area contributed by atoms with Crippen LogP contribution in [0.25, 0.3) is 11.0 Å². The molecule has 0 aromatic carbocycles. The molecule has 0 bridgehead atoms. The number of hydrogen-bond donors (Lipinski definition) is 0. The number of nitrogens with zero attached hydrogens (tertiary/aromatic N) is 5. The van der Waals surface area contributed by atoms with Gasteiger partial charge in [0.1, 0.15) is 23.4 Å². The average molecular weight is 396 g/mol. The van der Waals surface area contributed by atoms with E-state index in [2.05, 4.69) is 20.9 Å². The number of piperidine rings is 1. The van der Waals surface area contributed by atoms with Crippen molar-refractivity contribution in [2.45, 2.75) is 18.9 Å². The molecule has 0 N–H and O–H groups in total. The zero-order chi connectivity index (χ0) is 19.7. The fourth-order valence-corrected chi connectivity index (χ4v) is 3.54. The van der Waals surface area contributed by atoms with E-state index in [1.807, 2.05) is 0 Å². The van der Waals surface area contributed by atoms with Crippen molar-refractivity contribution in [1.82, 2.24) is 14.5 Å². The molecule has 0 aliphatic carbocycles. The largest absolute Gasteiger partial charge is 0.474 e. The van der Waals surface area contributed by atoms with E-state index >= 15 is 0 Å². The van der Waals surface area contributed by atoms with Gasteiger partial charge in [-0.1, -0.05) is 11.6 Å². The third-order valence-electron chi connectivity index (χ3n) is 4.95. The Bertz CT molecular complexity index is 1110. The van der Waals surface area contributed by atoms with E-state index in [0.717, 1.165) is 31.6 Å². The molecule has 0 unspecified atom stereocenters. The topological polar surface area (TPSA) is 84.0 Å². The second kappa shape index (κ2) is 7.49. The first-order chi connectivity index (χ1) is 13.5. The smallest absolute Gasteiger partial charge is 0.252 e. The van der Waals surface area contributed by atoms with Gasteiger partial charge in [-0.3, -0.25) is 4.79 Å². The van der Waals surface area contributed by atoms with Gasteiger partial charge in [0.25, 0.3) is 5.56 Å². The van der Waals surface area contributed by atoms with E-state index in [1.165, 1.54) is 0 Å². The number of halogens is 1. The van der Waals surface area contributed by atoms with Crippen LogP contribution in [0, 0.1) is 11.3 Å². The van der Waals surface area contributed by atoms with Gasteiger partial charge in [-0.05, 0) is 18.2 Å². The SMILES string of the molecule is Cn1c(=O)cc(N2CCC(Oc3ccc(Cl)cn3)CC2)c2nc(C#N)ccc21. The van der Waals surface area contributed by atoms with Crippen LogP contribution in [0.5, 0.6) is 5.88 Å². The molecule has 142 valence electrons. The number of aryl methyl sites for hydroxylation is 1. The number of aromatic nitrogens is 3. The van der Waals surface area contributed by atoms with Gasteiger partial charge in [0.05, 0.1) is 16.2 Å². The zero-order valence-corrected chi connectivity index (χ0v) is 16.1. The van der Waals surface area contributed by atoms with Crippen LogP contribution >= 0.6 is 11.6 Å². The highest BCUT2D eigenvalue weighted by molar-refractivity contribution is 6.30. The Morgan fingerprint density at radius 3 is 2.71 bits per heavy atom. The van der Waals surface area contributed by atoms with Gasteiger partial charge in [0.2, 0.25) is 5.88 Å². The Balaban J connectivity index is 1.57. The summed E-state index contributed by atoms with van der Waals surface area (Å²) < 4.78 is 7.49. The minimum Gasteiger partial charge on any atom is -0.474 e. The van der Waals surface area contributed by atoms with Crippen molar-refractivity contribution in [3.05, 3.63) is 57.6 Å². The quantitative estimate of drug-likeness (QED) is 0.678. The monoisotopic (exact) mass is 395 g/mol. The molecule has 1 aliphatic heterocycles. The highest BCUT2D eigenvalue weighted by Crippen LogP contribution is 2.27. The molecule has 1 fully saturated rings. The molecule has 0 atom stereocenters. The molecule has 4 heterocycles. The number of ether oxygens (including phenoxy) is 1. The Morgan fingerprint density at radius 2 is 2.04 bits per heavy atom. The van der Waals surface area contributed by atoms with Gasteiger partial charge in [-0.2, -0.15) is 5.26 Å². The van der Waals surface area contributed by atoms with Gasteiger partial charge in [-0.25, -0.2) is 9.97 Å². The van der Waals surface area contributed by atoms with E-state index in [-0.39, 0.29) is 11.7 Å². The lowest BCUT2D eigenvalue weighted by molar-refractivity contribution is 0.164. The van der Waals surface area contributed by atoms with Crippen molar-refractivity contribution in [1.29, 1.82) is 5.26 Å². The summed E-state index contributed by atoms with van der Waals surface area (Å²) in [5.74, 6) is 0.558. The summed E-state index contributed by atoms with van der Waals surface area (Å²) in [5.41, 5.74) is 2.38. The molecule has 0 amide bonds. The number of rotatable bonds is 3. The lowest BCUT2D eigenvalue weighted by atomic mass is 10.1. The summed E-state index contributed by atoms with van der Waals surface area (Å²) in [5, 5.41) is 9.76. The third kappa shape index (κ3) is 3.51. The van der Waals surface area contributed by atoms with Gasteiger partial charge in [-0.15, -0.1) is 0 Å². The van der Waals surface area contributed by atoms with Crippen molar-refractivity contribution in [3.63, 3.8) is 0 Å². The van der Waals surface area contributed by atoms with Gasteiger partial charge in [0.15, 0.2) is 0 Å². The van der Waals surface area contributed by atoms with Crippen LogP contribution in [0.4, 0.5) is 5.69 Å². The van der Waals surface area contributed by atoms with Gasteiger partial charge >= 0.3 is 0 Å². The molecule has 8 heteroatoms. The van der Waals surface area contributed by atoms with Crippen molar-refractivity contribution in [2.24, 2.45) is 7.05 Å². The van der Waals surface area contributed by atoms with E-state index in [1.54, 1.807) is 48.1 Å². The standard InChI is InChI=1S/C20H18ClN5O2/c1-25-16-4-3-14(11-22)24-20(16)17(10-19(25)27)26-8-6-15(7-9-26)28-18-5-2-13(21)12-23-18/h2-5,10,12,15H,6-9H2,1H3. The maximum Gasteiger partial charge on any atom is 0.252 e. The molecule has 1 saturated heterocycles. The van der Waals surface area contributed by atoms with Gasteiger partial charge < -0.3 is 14.2 Å². The number of nitriles is 1. The Labute approximate surface area is 166 Å². The zero-order valence-electron chi connectivity index (χ0n) is 15.3. The average Bonchev–Trinajstić information content (AvgIpc) is 2.72. The molecular formula is C20H18ClN5O2. The molecule has 28 heavy (non-hydrogen) atoms. The summed E-state index contributed by atoms with van der Waals surface area (Å²) in [4.78, 5) is 23.1. The predicted octanol–water partition coefficient (Wildman–Crippen LogP) is 2.90. The van der Waals surface area contributed by atoms with E-state index in [4.69, 9.17) is 16.3 Å². The first-order valence-corrected chi connectivity index (χ1v) is 9.37. The van der Waals surface area contributed by atoms with E-state index < -0.39 is 0 Å². The molecule has 3 aromatic heterocycles. The van der Waals surface area contributed by atoms with Crippen LogP contribution in [0.3, 0.4) is 0 Å². The van der Waals surface area contributed by atoms with Crippen LogP contribution in [-0.4, -0.2) is 33.7 Å². The lowest BCUT2D eigenvalue weighted by Gasteiger charge is -2.33. The minimum absolute atomic E-state index is 0.0466. The highest BCUT2D eigenvalue weighted by Gasteiger charge is 2.23. The van der Waals surface area contributed by atoms with E-state index in [9.17, 15) is 10.1 Å². The number of anilines is 1. The third-order valence-corrected chi connectivity index (χ3v) is 5.18. The first kappa shape index (κ1) is 18.3. The molecular weight excluding hydrogens is 378 g/mol. The molecule has 4 rings (SSSR count). The summed E-state index contributed by atoms with van der Waals surface area (Å²) >= 11 is 5.86. The van der Waals surface area contributed by atoms with Crippen molar-refractivity contribution in [2.75, 3.05) is 18.0 Å². The second-order valence-corrected chi connectivity index (χ2v) is 7.16. The normalized spacial score (nSPS) is 14.8. The minimum atomic E-state index is -0.0993. The van der Waals surface area contributed by atoms with Crippen molar-refractivity contribution >= 4 is 28.3 Å². The molecule has 0 spiro atoms. The number of hydrogen-bond acceptors (Lipinski definition) is 6. The van der Waals surface area contributed by atoms with Gasteiger partial charge in [0, 0.05) is 51.3 Å². The molecule has 7 nitrogen and oxygen atoms in total. The Hall–Kier alpha value is -3.11. The highest BCUT2D eigenvalue weighted by atomic mass is 35.5. The summed E-state index contributed by atoms with van der Waals surface area (Å²) in [7, 11) is 1.71. The van der Waals surface area contributed by atoms with Crippen LogP contribution in [0.2, 0.25) is 5.02 Å². The summed E-state index contributed by atoms with van der Waals surface area (Å²) in [6.45, 7) is 1.44. The second-order valence-electron chi connectivity index (χ2n) is 6.72. The van der Waals surface area contributed by atoms with Crippen molar-refractivity contribution in [3.8, 4) is 11.9 Å². The maximum atomic E-state index is 12.4. The molecule has 1 aliphatic rings. The fourth-order valence-electron chi connectivity index (χ4n) is 3.43. The Kier molecular flexibility index (Phi) is 4.88. The summed E-state index contributed by atoms with van der Waals surface area (Å²) in [6.07, 6.45) is 3.19. The predicted molar refractivity (Wildman–Crippen MR) is 107 cm³/mol. The van der Waals surface area contributed by atoms with E-state index in [0.29, 0.717) is 27.6 Å². The first-order valence-electron chi connectivity index (χ1n) is 8.99. The van der Waals surface area contributed by atoms with Crippen LogP contribution < -0.4 is 15.2 Å². The van der Waals surface area contributed by atoms with Crippen LogP contribution in [0.15, 0.2) is 41.3 Å². The molecule has 0 saturated carbocycles. The maximum absolute atomic E-state index is 12.4. The fraction of sp³-hybridized carbons (Fsp3) is 0.300. The Morgan fingerprint density at radius 1 is 1.25 bits per heavy atom. The van der Waals surface area contributed by atoms with Crippen LogP contribution in [0.1, 0.15) is 18.5 Å². The lowest BCUT2D eigenvalue weighted by Crippen LogP contribution is -2.39. The number of pyridine rings is 3. The van der Waals surface area contributed by atoms with Crippen molar-refractivity contribution < 1.29 is 4.74 Å².